The Kier molecular flexibility index (Phi) is 10.7. The molecule has 3 amide bonds. The van der Waals surface area contributed by atoms with Gasteiger partial charge in [0.25, 0.3) is 11.8 Å². The van der Waals surface area contributed by atoms with E-state index in [1.165, 1.54) is 11.3 Å². The Morgan fingerprint density at radius 2 is 1.82 bits per heavy atom. The molecule has 0 spiro atoms. The molecule has 11 heteroatoms. The molecular formula is C23H32N4O6S. The SMILES string of the molecule is C=C(NC(=O)c1csc(C2CCCCC(CNC(=O)OCC)CC2)n1)C(=O)NC(=C)C(=O)OC. The van der Waals surface area contributed by atoms with Gasteiger partial charge in [-0.15, -0.1) is 11.3 Å². The first-order valence-corrected chi connectivity index (χ1v) is 12.1. The standard InChI is InChI=1S/C23H32N4O6S/c1-5-33-23(31)24-12-16-8-6-7-9-17(11-10-16)21-27-18(13-34-21)20(29)25-14(2)19(28)26-15(3)22(30)32-4/h13,16-17H,2-3,5-12H2,1,4H3,(H,24,31)(H,25,29)(H,26,28). The van der Waals surface area contributed by atoms with Crippen molar-refractivity contribution in [3.63, 3.8) is 0 Å². The molecule has 1 aromatic heterocycles. The fourth-order valence-corrected chi connectivity index (χ4v) is 4.61. The molecule has 186 valence electrons. The number of esters is 1. The van der Waals surface area contributed by atoms with Gasteiger partial charge in [-0.3, -0.25) is 9.59 Å². The normalized spacial score (nSPS) is 17.9. The third-order valence-electron chi connectivity index (χ3n) is 5.49. The number of nitrogens with zero attached hydrogens (tertiary/aromatic N) is 1. The molecule has 34 heavy (non-hydrogen) atoms. The average molecular weight is 493 g/mol. The zero-order chi connectivity index (χ0) is 25.1. The fourth-order valence-electron chi connectivity index (χ4n) is 3.63. The van der Waals surface area contributed by atoms with Crippen LogP contribution in [0.3, 0.4) is 0 Å². The number of ether oxygens (including phenoxy) is 2. The summed E-state index contributed by atoms with van der Waals surface area (Å²) in [6.45, 7) is 9.62. The Bertz CT molecular complexity index is 928. The minimum Gasteiger partial charge on any atom is -0.464 e. The van der Waals surface area contributed by atoms with Crippen LogP contribution in [0.2, 0.25) is 0 Å². The van der Waals surface area contributed by atoms with Crippen molar-refractivity contribution in [3.05, 3.63) is 40.6 Å². The molecule has 1 aliphatic carbocycles. The molecule has 2 rings (SSSR count). The van der Waals surface area contributed by atoms with Crippen LogP contribution in [0, 0.1) is 5.92 Å². The topological polar surface area (TPSA) is 136 Å². The molecule has 0 aromatic carbocycles. The van der Waals surface area contributed by atoms with Crippen LogP contribution in [-0.2, 0) is 19.1 Å². The largest absolute Gasteiger partial charge is 0.464 e. The molecule has 0 bridgehead atoms. The van der Waals surface area contributed by atoms with Gasteiger partial charge in [-0.05, 0) is 38.5 Å². The van der Waals surface area contributed by atoms with Crippen LogP contribution in [0.5, 0.6) is 0 Å². The number of rotatable bonds is 9. The second kappa shape index (κ2) is 13.5. The maximum atomic E-state index is 12.5. The van der Waals surface area contributed by atoms with Gasteiger partial charge in [0.15, 0.2) is 0 Å². The Morgan fingerprint density at radius 3 is 2.53 bits per heavy atom. The number of amides is 3. The summed E-state index contributed by atoms with van der Waals surface area (Å²) in [5.74, 6) is -1.53. The minimum atomic E-state index is -0.797. The number of nitrogens with one attached hydrogen (secondary N) is 3. The van der Waals surface area contributed by atoms with E-state index in [4.69, 9.17) is 4.74 Å². The number of thiazole rings is 1. The molecule has 1 aliphatic rings. The first-order chi connectivity index (χ1) is 16.2. The Balaban J connectivity index is 1.90. The van der Waals surface area contributed by atoms with Crippen LogP contribution in [0.25, 0.3) is 0 Å². The molecule has 2 unspecified atom stereocenters. The highest BCUT2D eigenvalue weighted by atomic mass is 32.1. The van der Waals surface area contributed by atoms with Crippen molar-refractivity contribution >= 4 is 35.2 Å². The third-order valence-corrected chi connectivity index (χ3v) is 6.49. The molecule has 1 heterocycles. The predicted octanol–water partition coefficient (Wildman–Crippen LogP) is 2.99. The summed E-state index contributed by atoms with van der Waals surface area (Å²) in [4.78, 5) is 52.0. The molecule has 1 saturated carbocycles. The number of hydrogen-bond donors (Lipinski definition) is 3. The van der Waals surface area contributed by atoms with E-state index in [0.29, 0.717) is 19.1 Å². The highest BCUT2D eigenvalue weighted by Gasteiger charge is 2.23. The average Bonchev–Trinajstić information content (AvgIpc) is 3.28. The van der Waals surface area contributed by atoms with Crippen LogP contribution in [0.15, 0.2) is 29.9 Å². The Hall–Kier alpha value is -3.21. The summed E-state index contributed by atoms with van der Waals surface area (Å²) < 4.78 is 9.39. The number of carbonyl (C=O) groups excluding carboxylic acids is 4. The molecule has 0 saturated heterocycles. The van der Waals surface area contributed by atoms with Gasteiger partial charge in [-0.25, -0.2) is 14.6 Å². The minimum absolute atomic E-state index is 0.198. The number of alkyl carbamates (subject to hydrolysis) is 1. The van der Waals surface area contributed by atoms with E-state index >= 15 is 0 Å². The molecule has 3 N–H and O–H groups in total. The van der Waals surface area contributed by atoms with Crippen molar-refractivity contribution in [1.29, 1.82) is 0 Å². The first kappa shape index (κ1) is 27.0. The van der Waals surface area contributed by atoms with E-state index in [0.717, 1.165) is 50.6 Å². The van der Waals surface area contributed by atoms with E-state index in [1.807, 2.05) is 0 Å². The van der Waals surface area contributed by atoms with Crippen LogP contribution >= 0.6 is 11.3 Å². The lowest BCUT2D eigenvalue weighted by Gasteiger charge is -2.24. The van der Waals surface area contributed by atoms with Gasteiger partial charge >= 0.3 is 12.1 Å². The quantitative estimate of drug-likeness (QED) is 0.356. The zero-order valence-corrected chi connectivity index (χ0v) is 20.4. The van der Waals surface area contributed by atoms with E-state index < -0.39 is 17.8 Å². The molecule has 0 aliphatic heterocycles. The van der Waals surface area contributed by atoms with Crippen molar-refractivity contribution in [2.75, 3.05) is 20.3 Å². The summed E-state index contributed by atoms with van der Waals surface area (Å²) in [6, 6.07) is 0. The Morgan fingerprint density at radius 1 is 1.09 bits per heavy atom. The molecule has 10 nitrogen and oxygen atoms in total. The summed E-state index contributed by atoms with van der Waals surface area (Å²) in [5.41, 5.74) is -0.310. The van der Waals surface area contributed by atoms with Gasteiger partial charge in [0.05, 0.1) is 24.4 Å². The number of methoxy groups -OCH3 is 1. The molecule has 2 atom stereocenters. The molecular weight excluding hydrogens is 460 g/mol. The lowest BCUT2D eigenvalue weighted by atomic mass is 9.85. The van der Waals surface area contributed by atoms with Gasteiger partial charge in [-0.1, -0.05) is 26.0 Å². The molecule has 0 radical (unpaired) electrons. The van der Waals surface area contributed by atoms with Crippen LogP contribution in [0.1, 0.15) is 66.9 Å². The second-order valence-electron chi connectivity index (χ2n) is 7.95. The summed E-state index contributed by atoms with van der Waals surface area (Å²) in [7, 11) is 1.16. The van der Waals surface area contributed by atoms with Crippen molar-refractivity contribution in [2.24, 2.45) is 5.92 Å². The van der Waals surface area contributed by atoms with Gasteiger partial charge in [0.2, 0.25) is 0 Å². The van der Waals surface area contributed by atoms with Crippen LogP contribution < -0.4 is 16.0 Å². The summed E-state index contributed by atoms with van der Waals surface area (Å²) in [6.07, 6.45) is 5.61. The van der Waals surface area contributed by atoms with Crippen LogP contribution in [-0.4, -0.2) is 49.1 Å². The highest BCUT2D eigenvalue weighted by molar-refractivity contribution is 7.09. The number of aromatic nitrogens is 1. The smallest absolute Gasteiger partial charge is 0.407 e. The number of carbonyl (C=O) groups is 4. The van der Waals surface area contributed by atoms with Gasteiger partial charge in [-0.2, -0.15) is 0 Å². The monoisotopic (exact) mass is 492 g/mol. The summed E-state index contributed by atoms with van der Waals surface area (Å²) >= 11 is 1.41. The summed E-state index contributed by atoms with van der Waals surface area (Å²) in [5, 5.41) is 9.96. The van der Waals surface area contributed by atoms with Gasteiger partial charge < -0.3 is 25.4 Å². The van der Waals surface area contributed by atoms with E-state index in [-0.39, 0.29) is 29.1 Å². The Labute approximate surface area is 203 Å². The van der Waals surface area contributed by atoms with Gasteiger partial charge in [0.1, 0.15) is 11.4 Å². The first-order valence-electron chi connectivity index (χ1n) is 11.2. The number of hydrogen-bond acceptors (Lipinski definition) is 8. The van der Waals surface area contributed by atoms with E-state index in [9.17, 15) is 19.2 Å². The lowest BCUT2D eigenvalue weighted by molar-refractivity contribution is -0.137. The van der Waals surface area contributed by atoms with Crippen molar-refractivity contribution in [3.8, 4) is 0 Å². The van der Waals surface area contributed by atoms with Crippen molar-refractivity contribution in [2.45, 2.75) is 51.4 Å². The zero-order valence-electron chi connectivity index (χ0n) is 19.6. The molecule has 1 fully saturated rings. The van der Waals surface area contributed by atoms with Crippen LogP contribution in [0.4, 0.5) is 4.79 Å². The molecule has 1 aromatic rings. The van der Waals surface area contributed by atoms with E-state index in [1.54, 1.807) is 12.3 Å². The second-order valence-corrected chi connectivity index (χ2v) is 8.84. The van der Waals surface area contributed by atoms with E-state index in [2.05, 4.69) is 38.8 Å². The third kappa shape index (κ3) is 8.29. The predicted molar refractivity (Wildman–Crippen MR) is 127 cm³/mol. The maximum absolute atomic E-state index is 12.5. The van der Waals surface area contributed by atoms with Crippen molar-refractivity contribution < 1.29 is 28.7 Å². The van der Waals surface area contributed by atoms with Gasteiger partial charge in [0, 0.05) is 17.8 Å². The highest BCUT2D eigenvalue weighted by Crippen LogP contribution is 2.34. The lowest BCUT2D eigenvalue weighted by Crippen LogP contribution is -2.35. The maximum Gasteiger partial charge on any atom is 0.407 e. The fraction of sp³-hybridized carbons (Fsp3) is 0.522. The van der Waals surface area contributed by atoms with Crippen molar-refractivity contribution in [1.82, 2.24) is 20.9 Å².